The zero-order valence-electron chi connectivity index (χ0n) is 19.1. The number of fused-ring (bicyclic) bond motifs is 1. The molecule has 0 aliphatic heterocycles. The SMILES string of the molecule is CCC(C)OC(=O)CNc1ccc(-c2cn(S(=O)(=O)c3ccccc3)c3cc(F)ccc23)cn1.Cl. The van der Waals surface area contributed by atoms with Gasteiger partial charge in [0.2, 0.25) is 0 Å². The maximum atomic E-state index is 14.1. The summed E-state index contributed by atoms with van der Waals surface area (Å²) in [4.78, 5) is 16.3. The van der Waals surface area contributed by atoms with E-state index in [4.69, 9.17) is 4.74 Å². The molecule has 0 saturated heterocycles. The average molecular weight is 518 g/mol. The van der Waals surface area contributed by atoms with Crippen molar-refractivity contribution in [3.8, 4) is 11.1 Å². The number of benzene rings is 2. The smallest absolute Gasteiger partial charge is 0.325 e. The number of aromatic nitrogens is 2. The summed E-state index contributed by atoms with van der Waals surface area (Å²) in [6, 6.07) is 15.5. The Morgan fingerprint density at radius 1 is 1.14 bits per heavy atom. The molecule has 1 atom stereocenters. The van der Waals surface area contributed by atoms with Crippen LogP contribution in [0.1, 0.15) is 20.3 Å². The molecule has 2 aromatic heterocycles. The molecule has 0 fully saturated rings. The van der Waals surface area contributed by atoms with Crippen LogP contribution in [0.3, 0.4) is 0 Å². The molecule has 4 aromatic rings. The Morgan fingerprint density at radius 3 is 2.54 bits per heavy atom. The van der Waals surface area contributed by atoms with E-state index in [-0.39, 0.29) is 41.4 Å². The van der Waals surface area contributed by atoms with Crippen LogP contribution in [-0.2, 0) is 19.6 Å². The Hall–Kier alpha value is -3.43. The highest BCUT2D eigenvalue weighted by Gasteiger charge is 2.22. The van der Waals surface area contributed by atoms with Crippen molar-refractivity contribution >= 4 is 45.1 Å². The monoisotopic (exact) mass is 517 g/mol. The van der Waals surface area contributed by atoms with Crippen molar-refractivity contribution in [1.29, 1.82) is 0 Å². The summed E-state index contributed by atoms with van der Waals surface area (Å²) in [5.74, 6) is -0.448. The summed E-state index contributed by atoms with van der Waals surface area (Å²) < 4.78 is 46.9. The predicted molar refractivity (Wildman–Crippen MR) is 136 cm³/mol. The first kappa shape index (κ1) is 26.2. The Morgan fingerprint density at radius 2 is 1.89 bits per heavy atom. The minimum atomic E-state index is -3.94. The Labute approximate surface area is 209 Å². The highest BCUT2D eigenvalue weighted by molar-refractivity contribution is 7.90. The van der Waals surface area contributed by atoms with E-state index in [2.05, 4.69) is 10.3 Å². The van der Waals surface area contributed by atoms with Gasteiger partial charge in [0, 0.05) is 28.9 Å². The lowest BCUT2D eigenvalue weighted by Gasteiger charge is -2.11. The number of esters is 1. The molecule has 0 aliphatic carbocycles. The van der Waals surface area contributed by atoms with Gasteiger partial charge in [-0.3, -0.25) is 4.79 Å². The summed E-state index contributed by atoms with van der Waals surface area (Å²) >= 11 is 0. The second kappa shape index (κ2) is 10.9. The number of halogens is 2. The molecule has 1 unspecified atom stereocenters. The summed E-state index contributed by atoms with van der Waals surface area (Å²) in [6.07, 6.45) is 3.62. The number of nitrogens with one attached hydrogen (secondary N) is 1. The summed E-state index contributed by atoms with van der Waals surface area (Å²) in [7, 11) is -3.94. The third-order valence-corrected chi connectivity index (χ3v) is 7.12. The highest BCUT2D eigenvalue weighted by Crippen LogP contribution is 2.33. The van der Waals surface area contributed by atoms with Crippen molar-refractivity contribution < 1.29 is 22.3 Å². The van der Waals surface area contributed by atoms with Crippen LogP contribution in [0.5, 0.6) is 0 Å². The van der Waals surface area contributed by atoms with Crippen LogP contribution < -0.4 is 5.32 Å². The second-order valence-corrected chi connectivity index (χ2v) is 9.63. The van der Waals surface area contributed by atoms with Gasteiger partial charge >= 0.3 is 5.97 Å². The summed E-state index contributed by atoms with van der Waals surface area (Å²) in [5, 5.41) is 3.48. The molecule has 1 N–H and O–H groups in total. The molecule has 0 saturated carbocycles. The number of pyridine rings is 1. The lowest BCUT2D eigenvalue weighted by molar-refractivity contribution is -0.146. The van der Waals surface area contributed by atoms with Crippen molar-refractivity contribution in [1.82, 2.24) is 8.96 Å². The van der Waals surface area contributed by atoms with Gasteiger partial charge in [0.25, 0.3) is 10.0 Å². The lowest BCUT2D eigenvalue weighted by Crippen LogP contribution is -2.21. The quantitative estimate of drug-likeness (QED) is 0.321. The van der Waals surface area contributed by atoms with Crippen LogP contribution in [0.4, 0.5) is 10.2 Å². The number of anilines is 1. The largest absolute Gasteiger partial charge is 0.461 e. The minimum absolute atomic E-state index is 0. The lowest BCUT2D eigenvalue weighted by atomic mass is 10.1. The zero-order valence-corrected chi connectivity index (χ0v) is 20.8. The molecule has 0 bridgehead atoms. The van der Waals surface area contributed by atoms with Gasteiger partial charge in [-0.1, -0.05) is 25.1 Å². The van der Waals surface area contributed by atoms with E-state index in [1.54, 1.807) is 42.6 Å². The molecule has 7 nitrogen and oxygen atoms in total. The van der Waals surface area contributed by atoms with Crippen LogP contribution in [0.25, 0.3) is 22.0 Å². The highest BCUT2D eigenvalue weighted by atomic mass is 35.5. The zero-order chi connectivity index (χ0) is 24.3. The van der Waals surface area contributed by atoms with Crippen molar-refractivity contribution in [2.24, 2.45) is 0 Å². The minimum Gasteiger partial charge on any atom is -0.461 e. The number of carbonyl (C=O) groups excluding carboxylic acids is 1. The first-order valence-electron chi connectivity index (χ1n) is 10.8. The van der Waals surface area contributed by atoms with E-state index in [1.165, 1.54) is 30.5 Å². The molecule has 2 aromatic carbocycles. The Kier molecular flexibility index (Phi) is 8.14. The number of carbonyl (C=O) groups is 1. The number of ether oxygens (including phenoxy) is 1. The van der Waals surface area contributed by atoms with E-state index in [1.807, 2.05) is 13.8 Å². The van der Waals surface area contributed by atoms with Gasteiger partial charge in [0.1, 0.15) is 18.2 Å². The molecule has 0 radical (unpaired) electrons. The molecule has 10 heteroatoms. The average Bonchev–Trinajstić information content (AvgIpc) is 3.23. The van der Waals surface area contributed by atoms with Gasteiger partial charge in [-0.25, -0.2) is 21.8 Å². The summed E-state index contributed by atoms with van der Waals surface area (Å²) in [6.45, 7) is 3.73. The van der Waals surface area contributed by atoms with E-state index in [9.17, 15) is 17.6 Å². The van der Waals surface area contributed by atoms with E-state index >= 15 is 0 Å². The van der Waals surface area contributed by atoms with Gasteiger partial charge in [-0.15, -0.1) is 12.4 Å². The number of nitrogens with zero attached hydrogens (tertiary/aromatic N) is 2. The maximum absolute atomic E-state index is 14.1. The van der Waals surface area contributed by atoms with Crippen molar-refractivity contribution in [3.05, 3.63) is 78.9 Å². The fraction of sp³-hybridized carbons (Fsp3) is 0.200. The number of hydrogen-bond donors (Lipinski definition) is 1. The summed E-state index contributed by atoms with van der Waals surface area (Å²) in [5.41, 5.74) is 1.46. The van der Waals surface area contributed by atoms with Gasteiger partial charge in [-0.2, -0.15) is 0 Å². The van der Waals surface area contributed by atoms with Crippen molar-refractivity contribution in [2.45, 2.75) is 31.3 Å². The molecule has 4 rings (SSSR count). The van der Waals surface area contributed by atoms with Gasteiger partial charge in [-0.05, 0) is 55.8 Å². The molecule has 2 heterocycles. The standard InChI is InChI=1S/C25H24FN3O4S.ClH/c1-3-17(2)33-25(30)15-28-24-12-9-18(14-27-24)22-16-29(23-13-19(26)10-11-21(22)23)34(31,32)20-7-5-4-6-8-20;/h4-14,16-17H,3,15H2,1-2H3,(H,27,28);1H. The molecule has 0 spiro atoms. The van der Waals surface area contributed by atoms with Crippen LogP contribution in [0.15, 0.2) is 78.0 Å². The van der Waals surface area contributed by atoms with E-state index in [0.717, 1.165) is 10.4 Å². The molecule has 35 heavy (non-hydrogen) atoms. The van der Waals surface area contributed by atoms with Crippen LogP contribution in [-0.4, -0.2) is 36.0 Å². The molecule has 184 valence electrons. The van der Waals surface area contributed by atoms with Crippen LogP contribution in [0, 0.1) is 5.82 Å². The number of hydrogen-bond acceptors (Lipinski definition) is 6. The first-order valence-corrected chi connectivity index (χ1v) is 12.2. The van der Waals surface area contributed by atoms with E-state index in [0.29, 0.717) is 22.3 Å². The van der Waals surface area contributed by atoms with Gasteiger partial charge < -0.3 is 10.1 Å². The molecule has 0 amide bonds. The number of rotatable bonds is 8. The van der Waals surface area contributed by atoms with E-state index < -0.39 is 15.8 Å². The third kappa shape index (κ3) is 5.63. The van der Waals surface area contributed by atoms with Crippen LogP contribution >= 0.6 is 12.4 Å². The fourth-order valence-electron chi connectivity index (χ4n) is 3.48. The topological polar surface area (TPSA) is 90.3 Å². The van der Waals surface area contributed by atoms with Crippen molar-refractivity contribution in [2.75, 3.05) is 11.9 Å². The first-order chi connectivity index (χ1) is 16.3. The van der Waals surface area contributed by atoms with Crippen LogP contribution in [0.2, 0.25) is 0 Å². The van der Waals surface area contributed by atoms with Crippen molar-refractivity contribution in [3.63, 3.8) is 0 Å². The molecule has 0 aliphatic rings. The van der Waals surface area contributed by atoms with Gasteiger partial charge in [0.15, 0.2) is 0 Å². The Bertz CT molecular complexity index is 1420. The normalized spacial score (nSPS) is 12.1. The fourth-order valence-corrected chi connectivity index (χ4v) is 4.86. The molecular weight excluding hydrogens is 493 g/mol. The Balaban J connectivity index is 0.00000342. The maximum Gasteiger partial charge on any atom is 0.325 e. The molecular formula is C25H25ClFN3O4S. The third-order valence-electron chi connectivity index (χ3n) is 5.43. The van der Waals surface area contributed by atoms with Gasteiger partial charge in [0.05, 0.1) is 16.5 Å². The second-order valence-electron chi connectivity index (χ2n) is 7.81. The predicted octanol–water partition coefficient (Wildman–Crippen LogP) is 5.25.